The van der Waals surface area contributed by atoms with E-state index in [1.54, 1.807) is 0 Å². The van der Waals surface area contributed by atoms with Gasteiger partial charge in [0, 0.05) is 11.6 Å². The Morgan fingerprint density at radius 3 is 2.83 bits per heavy atom. The number of benzene rings is 1. The van der Waals surface area contributed by atoms with Crippen LogP contribution >= 0.6 is 23.2 Å². The van der Waals surface area contributed by atoms with E-state index < -0.39 is 0 Å². The van der Waals surface area contributed by atoms with Gasteiger partial charge in [-0.3, -0.25) is 0 Å². The van der Waals surface area contributed by atoms with Crippen LogP contribution in [0.4, 0.5) is 0 Å². The third-order valence-corrected chi connectivity index (χ3v) is 3.30. The van der Waals surface area contributed by atoms with Crippen molar-refractivity contribution < 1.29 is 4.74 Å². The maximum atomic E-state index is 5.99. The van der Waals surface area contributed by atoms with Crippen molar-refractivity contribution in [1.82, 2.24) is 0 Å². The summed E-state index contributed by atoms with van der Waals surface area (Å²) in [5.41, 5.74) is 9.61. The molecule has 0 aliphatic carbocycles. The Kier molecular flexibility index (Phi) is 6.55. The van der Waals surface area contributed by atoms with Gasteiger partial charge in [-0.05, 0) is 31.4 Å². The van der Waals surface area contributed by atoms with E-state index in [1.807, 2.05) is 12.1 Å². The lowest BCUT2D eigenvalue weighted by atomic mass is 10.0. The van der Waals surface area contributed by atoms with Crippen molar-refractivity contribution in [2.24, 2.45) is 5.73 Å². The maximum Gasteiger partial charge on any atom is 0.125 e. The van der Waals surface area contributed by atoms with Crippen molar-refractivity contribution in [3.05, 3.63) is 39.9 Å². The molecule has 0 radical (unpaired) electrons. The molecule has 0 bridgehead atoms. The van der Waals surface area contributed by atoms with Crippen molar-refractivity contribution in [2.45, 2.75) is 32.7 Å². The second-order valence-electron chi connectivity index (χ2n) is 4.33. The molecule has 18 heavy (non-hydrogen) atoms. The Labute approximate surface area is 119 Å². The predicted molar refractivity (Wildman–Crippen MR) is 78.4 cm³/mol. The summed E-state index contributed by atoms with van der Waals surface area (Å²) in [5.74, 6) is 0.821. The molecule has 0 amide bonds. The lowest BCUT2D eigenvalue weighted by Gasteiger charge is -2.15. The largest absolute Gasteiger partial charge is 0.488 e. The molecule has 0 saturated heterocycles. The zero-order valence-corrected chi connectivity index (χ0v) is 12.3. The molecular weight excluding hydrogens is 269 g/mol. The van der Waals surface area contributed by atoms with Crippen molar-refractivity contribution in [2.75, 3.05) is 6.61 Å². The van der Waals surface area contributed by atoms with E-state index in [0.717, 1.165) is 24.2 Å². The Bertz CT molecular complexity index is 418. The minimum absolute atomic E-state index is 0.146. The van der Waals surface area contributed by atoms with Gasteiger partial charge in [0.1, 0.15) is 12.4 Å². The van der Waals surface area contributed by atoms with Gasteiger partial charge in [0.15, 0.2) is 0 Å². The first-order valence-electron chi connectivity index (χ1n) is 5.99. The molecule has 1 atom stereocenters. The first-order valence-corrected chi connectivity index (χ1v) is 6.81. The molecule has 2 N–H and O–H groups in total. The topological polar surface area (TPSA) is 35.2 Å². The van der Waals surface area contributed by atoms with Crippen LogP contribution in [0.1, 0.15) is 24.5 Å². The van der Waals surface area contributed by atoms with Crippen LogP contribution < -0.4 is 10.5 Å². The highest BCUT2D eigenvalue weighted by Gasteiger charge is 2.08. The number of nitrogens with two attached hydrogens (primary N) is 1. The molecule has 1 rings (SSSR count). The van der Waals surface area contributed by atoms with Gasteiger partial charge in [0.25, 0.3) is 0 Å². The van der Waals surface area contributed by atoms with Crippen LogP contribution in [-0.4, -0.2) is 12.6 Å². The summed E-state index contributed by atoms with van der Waals surface area (Å²) in [6.45, 7) is 4.41. The van der Waals surface area contributed by atoms with Crippen LogP contribution in [0, 0.1) is 6.92 Å². The molecule has 0 aromatic heterocycles. The van der Waals surface area contributed by atoms with Crippen molar-refractivity contribution in [3.63, 3.8) is 0 Å². The van der Waals surface area contributed by atoms with E-state index in [9.17, 15) is 0 Å². The predicted octanol–water partition coefficient (Wildman–Crippen LogP) is 3.97. The van der Waals surface area contributed by atoms with Crippen molar-refractivity contribution in [3.8, 4) is 5.75 Å². The minimum Gasteiger partial charge on any atom is -0.488 e. The van der Waals surface area contributed by atoms with E-state index in [2.05, 4.69) is 19.9 Å². The highest BCUT2D eigenvalue weighted by Crippen LogP contribution is 2.23. The molecule has 0 aliphatic heterocycles. The van der Waals surface area contributed by atoms with Crippen LogP contribution in [0.2, 0.25) is 0 Å². The van der Waals surface area contributed by atoms with E-state index in [4.69, 9.17) is 33.7 Å². The van der Waals surface area contributed by atoms with E-state index >= 15 is 0 Å². The smallest absolute Gasteiger partial charge is 0.125 e. The summed E-state index contributed by atoms with van der Waals surface area (Å²) in [4.78, 5) is 0. The number of hydrogen-bond acceptors (Lipinski definition) is 2. The molecule has 0 spiro atoms. The zero-order valence-electron chi connectivity index (χ0n) is 10.7. The summed E-state index contributed by atoms with van der Waals surface area (Å²) >= 11 is 11.3. The molecule has 2 nitrogen and oxygen atoms in total. The maximum absolute atomic E-state index is 5.99. The summed E-state index contributed by atoms with van der Waals surface area (Å²) in [6.07, 6.45) is 1.74. The van der Waals surface area contributed by atoms with Crippen molar-refractivity contribution in [1.29, 1.82) is 0 Å². The summed E-state index contributed by atoms with van der Waals surface area (Å²) in [7, 11) is 0. The summed E-state index contributed by atoms with van der Waals surface area (Å²) in [6, 6.07) is 6.21. The summed E-state index contributed by atoms with van der Waals surface area (Å²) in [5, 5.41) is 0.475. The van der Waals surface area contributed by atoms with Gasteiger partial charge >= 0.3 is 0 Å². The molecule has 0 fully saturated rings. The third-order valence-electron chi connectivity index (χ3n) is 2.71. The van der Waals surface area contributed by atoms with Crippen LogP contribution in [0.25, 0.3) is 0 Å². The fourth-order valence-corrected chi connectivity index (χ4v) is 1.73. The van der Waals surface area contributed by atoms with Gasteiger partial charge in [0.05, 0.1) is 5.03 Å². The molecule has 1 aromatic rings. The lowest BCUT2D eigenvalue weighted by molar-refractivity contribution is 0.354. The zero-order chi connectivity index (χ0) is 13.5. The Hall–Kier alpha value is -0.700. The molecule has 100 valence electrons. The van der Waals surface area contributed by atoms with Gasteiger partial charge in [0.2, 0.25) is 0 Å². The van der Waals surface area contributed by atoms with E-state index in [1.165, 1.54) is 11.1 Å². The van der Waals surface area contributed by atoms with E-state index in [0.29, 0.717) is 5.03 Å². The van der Waals surface area contributed by atoms with Gasteiger partial charge < -0.3 is 10.5 Å². The van der Waals surface area contributed by atoms with Crippen LogP contribution in [0.5, 0.6) is 5.75 Å². The quantitative estimate of drug-likeness (QED) is 0.859. The minimum atomic E-state index is 0.146. The SMILES string of the molecule is CCC(N)Cc1cc(C)ccc1OCC(Cl)=CCl. The number of ether oxygens (including phenoxy) is 1. The average Bonchev–Trinajstić information content (AvgIpc) is 2.37. The number of aryl methyl sites for hydroxylation is 1. The average molecular weight is 288 g/mol. The molecule has 1 aromatic carbocycles. The molecule has 0 saturated carbocycles. The molecule has 1 unspecified atom stereocenters. The van der Waals surface area contributed by atoms with Gasteiger partial charge in [-0.1, -0.05) is 47.8 Å². The highest BCUT2D eigenvalue weighted by molar-refractivity contribution is 6.36. The number of halogens is 2. The van der Waals surface area contributed by atoms with Gasteiger partial charge in [-0.15, -0.1) is 0 Å². The van der Waals surface area contributed by atoms with Crippen LogP contribution in [0.3, 0.4) is 0 Å². The number of hydrogen-bond donors (Lipinski definition) is 1. The fourth-order valence-electron chi connectivity index (χ4n) is 1.61. The Balaban J connectivity index is 2.82. The van der Waals surface area contributed by atoms with Crippen LogP contribution in [-0.2, 0) is 6.42 Å². The highest BCUT2D eigenvalue weighted by atomic mass is 35.5. The summed E-state index contributed by atoms with van der Waals surface area (Å²) < 4.78 is 5.65. The monoisotopic (exact) mass is 287 g/mol. The normalized spacial score (nSPS) is 13.5. The molecule has 4 heteroatoms. The van der Waals surface area contributed by atoms with Gasteiger partial charge in [-0.25, -0.2) is 0 Å². The second-order valence-corrected chi connectivity index (χ2v) is 5.03. The standard InChI is InChI=1S/C14H19Cl2NO/c1-3-13(17)7-11-6-10(2)4-5-14(11)18-9-12(16)8-15/h4-6,8,13H,3,7,9,17H2,1-2H3. The van der Waals surface area contributed by atoms with Gasteiger partial charge in [-0.2, -0.15) is 0 Å². The van der Waals surface area contributed by atoms with E-state index in [-0.39, 0.29) is 12.6 Å². The first kappa shape index (κ1) is 15.4. The Morgan fingerprint density at radius 1 is 1.50 bits per heavy atom. The molecular formula is C14H19Cl2NO. The second kappa shape index (κ2) is 7.67. The number of rotatable bonds is 6. The fraction of sp³-hybridized carbons (Fsp3) is 0.429. The molecule has 0 aliphatic rings. The van der Waals surface area contributed by atoms with Crippen LogP contribution in [0.15, 0.2) is 28.8 Å². The third kappa shape index (κ3) is 4.89. The lowest BCUT2D eigenvalue weighted by Crippen LogP contribution is -2.21. The molecule has 0 heterocycles. The first-order chi connectivity index (χ1) is 8.56. The Morgan fingerprint density at radius 2 is 2.22 bits per heavy atom. The van der Waals surface area contributed by atoms with Crippen molar-refractivity contribution >= 4 is 23.2 Å².